The number of rotatable bonds is 4. The van der Waals surface area contributed by atoms with E-state index in [4.69, 9.17) is 4.74 Å². The van der Waals surface area contributed by atoms with Gasteiger partial charge in [0.15, 0.2) is 0 Å². The highest BCUT2D eigenvalue weighted by molar-refractivity contribution is 6.39. The van der Waals surface area contributed by atoms with Crippen molar-refractivity contribution in [1.29, 1.82) is 0 Å². The predicted molar refractivity (Wildman–Crippen MR) is 87.4 cm³/mol. The molecular formula is C16H23N3O4. The number of nitrogens with zero attached hydrogens (tertiary/aromatic N) is 1. The van der Waals surface area contributed by atoms with Crippen molar-refractivity contribution in [1.82, 2.24) is 5.32 Å². The lowest BCUT2D eigenvalue weighted by Gasteiger charge is -2.31. The summed E-state index contributed by atoms with van der Waals surface area (Å²) in [5.74, 6) is -1.51. The molecule has 1 fully saturated rings. The van der Waals surface area contributed by atoms with E-state index in [1.54, 1.807) is 12.1 Å². The summed E-state index contributed by atoms with van der Waals surface area (Å²) in [6.07, 6.45) is 0.891. The Kier molecular flexibility index (Phi) is 5.57. The first kappa shape index (κ1) is 17.2. The van der Waals surface area contributed by atoms with Crippen LogP contribution in [0, 0.1) is 0 Å². The van der Waals surface area contributed by atoms with Gasteiger partial charge in [0.1, 0.15) is 0 Å². The number of benzene rings is 1. The Morgan fingerprint density at radius 3 is 2.35 bits per heavy atom. The lowest BCUT2D eigenvalue weighted by molar-refractivity contribution is -0.137. The van der Waals surface area contributed by atoms with Gasteiger partial charge >= 0.3 is 11.8 Å². The van der Waals surface area contributed by atoms with Crippen LogP contribution in [-0.2, 0) is 14.3 Å². The van der Waals surface area contributed by atoms with Gasteiger partial charge in [0.25, 0.3) is 0 Å². The Balaban J connectivity index is 1.83. The summed E-state index contributed by atoms with van der Waals surface area (Å²) in [7, 11) is 3.84. The fourth-order valence-corrected chi connectivity index (χ4v) is 2.28. The summed E-state index contributed by atoms with van der Waals surface area (Å²) in [6, 6.07) is 7.15. The number of nitrogens with one attached hydrogen (secondary N) is 2. The van der Waals surface area contributed by atoms with Crippen molar-refractivity contribution < 1.29 is 19.4 Å². The highest BCUT2D eigenvalue weighted by Crippen LogP contribution is 2.19. The SMILES string of the molecule is CN(C)c1ccc(NC(=O)C(=O)NCC2(O)CCOCC2)cc1. The quantitative estimate of drug-likeness (QED) is 0.696. The molecule has 1 heterocycles. The van der Waals surface area contributed by atoms with Crippen LogP contribution in [0.3, 0.4) is 0 Å². The minimum atomic E-state index is -0.998. The number of anilines is 2. The van der Waals surface area contributed by atoms with Crippen molar-refractivity contribution >= 4 is 23.2 Å². The van der Waals surface area contributed by atoms with Gasteiger partial charge in [-0.15, -0.1) is 0 Å². The van der Waals surface area contributed by atoms with Crippen LogP contribution < -0.4 is 15.5 Å². The van der Waals surface area contributed by atoms with Crippen LogP contribution in [0.2, 0.25) is 0 Å². The van der Waals surface area contributed by atoms with Crippen LogP contribution in [0.15, 0.2) is 24.3 Å². The highest BCUT2D eigenvalue weighted by Gasteiger charge is 2.30. The monoisotopic (exact) mass is 321 g/mol. The lowest BCUT2D eigenvalue weighted by atomic mass is 9.94. The van der Waals surface area contributed by atoms with E-state index in [1.807, 2.05) is 31.1 Å². The fraction of sp³-hybridized carbons (Fsp3) is 0.500. The third-order valence-electron chi connectivity index (χ3n) is 3.85. The van der Waals surface area contributed by atoms with Gasteiger partial charge in [0, 0.05) is 58.1 Å². The van der Waals surface area contributed by atoms with Gasteiger partial charge in [-0.25, -0.2) is 0 Å². The molecule has 7 heteroatoms. The lowest BCUT2D eigenvalue weighted by Crippen LogP contribution is -2.48. The molecule has 1 aliphatic rings. The maximum Gasteiger partial charge on any atom is 0.313 e. The van der Waals surface area contributed by atoms with Crippen molar-refractivity contribution in [2.45, 2.75) is 18.4 Å². The van der Waals surface area contributed by atoms with Crippen LogP contribution in [0.4, 0.5) is 11.4 Å². The van der Waals surface area contributed by atoms with E-state index in [9.17, 15) is 14.7 Å². The number of hydrogen-bond donors (Lipinski definition) is 3. The maximum atomic E-state index is 11.9. The molecule has 0 unspecified atom stereocenters. The second-order valence-electron chi connectivity index (χ2n) is 5.91. The number of hydrogen-bond acceptors (Lipinski definition) is 5. The molecular weight excluding hydrogens is 298 g/mol. The van der Waals surface area contributed by atoms with Gasteiger partial charge in [0.2, 0.25) is 0 Å². The van der Waals surface area contributed by atoms with E-state index < -0.39 is 17.4 Å². The number of carbonyl (C=O) groups is 2. The molecule has 1 saturated heterocycles. The molecule has 7 nitrogen and oxygen atoms in total. The van der Waals surface area contributed by atoms with Crippen molar-refractivity contribution in [3.8, 4) is 0 Å². The van der Waals surface area contributed by atoms with Gasteiger partial charge in [0.05, 0.1) is 5.60 Å². The third kappa shape index (κ3) is 4.94. The molecule has 0 aliphatic carbocycles. The summed E-state index contributed by atoms with van der Waals surface area (Å²) >= 11 is 0. The van der Waals surface area contributed by atoms with Gasteiger partial charge in [-0.3, -0.25) is 9.59 Å². The number of carbonyl (C=O) groups excluding carboxylic acids is 2. The fourth-order valence-electron chi connectivity index (χ4n) is 2.28. The number of amides is 2. The average Bonchev–Trinajstić information content (AvgIpc) is 2.54. The minimum absolute atomic E-state index is 0.0438. The summed E-state index contributed by atoms with van der Waals surface area (Å²) in [5, 5.41) is 15.3. The first-order chi connectivity index (χ1) is 10.9. The molecule has 23 heavy (non-hydrogen) atoms. The summed E-state index contributed by atoms with van der Waals surface area (Å²) < 4.78 is 5.17. The zero-order chi connectivity index (χ0) is 16.9. The third-order valence-corrected chi connectivity index (χ3v) is 3.85. The molecule has 1 aromatic rings. The van der Waals surface area contributed by atoms with E-state index >= 15 is 0 Å². The Morgan fingerprint density at radius 2 is 1.78 bits per heavy atom. The van der Waals surface area contributed by atoms with Gasteiger partial charge < -0.3 is 25.4 Å². The standard InChI is InChI=1S/C16H23N3O4/c1-19(2)13-5-3-12(4-6-13)18-15(21)14(20)17-11-16(22)7-9-23-10-8-16/h3-6,22H,7-11H2,1-2H3,(H,17,20)(H,18,21). The smallest absolute Gasteiger partial charge is 0.313 e. The molecule has 2 rings (SSSR count). The van der Waals surface area contributed by atoms with E-state index in [1.165, 1.54) is 0 Å². The van der Waals surface area contributed by atoms with E-state index in [0.29, 0.717) is 31.7 Å². The summed E-state index contributed by atoms with van der Waals surface area (Å²) in [5.41, 5.74) is 0.538. The molecule has 2 amide bonds. The van der Waals surface area contributed by atoms with Crippen LogP contribution in [0.1, 0.15) is 12.8 Å². The largest absolute Gasteiger partial charge is 0.388 e. The number of aliphatic hydroxyl groups is 1. The first-order valence-corrected chi connectivity index (χ1v) is 7.56. The molecule has 0 saturated carbocycles. The van der Waals surface area contributed by atoms with Gasteiger partial charge in [-0.2, -0.15) is 0 Å². The van der Waals surface area contributed by atoms with Crippen molar-refractivity contribution in [2.75, 3.05) is 44.1 Å². The van der Waals surface area contributed by atoms with Crippen molar-refractivity contribution in [3.05, 3.63) is 24.3 Å². The zero-order valence-electron chi connectivity index (χ0n) is 13.5. The molecule has 0 radical (unpaired) electrons. The molecule has 1 aromatic carbocycles. The van der Waals surface area contributed by atoms with E-state index in [-0.39, 0.29) is 6.54 Å². The minimum Gasteiger partial charge on any atom is -0.388 e. The maximum absolute atomic E-state index is 11.9. The zero-order valence-corrected chi connectivity index (χ0v) is 13.5. The molecule has 126 valence electrons. The summed E-state index contributed by atoms with van der Waals surface area (Å²) in [6.45, 7) is 0.954. The number of ether oxygens (including phenoxy) is 1. The Hall–Kier alpha value is -2.12. The topological polar surface area (TPSA) is 90.9 Å². The highest BCUT2D eigenvalue weighted by atomic mass is 16.5. The van der Waals surface area contributed by atoms with Gasteiger partial charge in [-0.1, -0.05) is 0 Å². The molecule has 0 atom stereocenters. The molecule has 3 N–H and O–H groups in total. The van der Waals surface area contributed by atoms with Crippen LogP contribution >= 0.6 is 0 Å². The van der Waals surface area contributed by atoms with Gasteiger partial charge in [-0.05, 0) is 24.3 Å². The normalized spacial score (nSPS) is 16.5. The first-order valence-electron chi connectivity index (χ1n) is 7.56. The molecule has 0 spiro atoms. The Morgan fingerprint density at radius 1 is 1.17 bits per heavy atom. The molecule has 0 aromatic heterocycles. The van der Waals surface area contributed by atoms with E-state index in [2.05, 4.69) is 10.6 Å². The van der Waals surface area contributed by atoms with E-state index in [0.717, 1.165) is 5.69 Å². The predicted octanol–water partition coefficient (Wildman–Crippen LogP) is 0.349. The van der Waals surface area contributed by atoms with Crippen molar-refractivity contribution in [3.63, 3.8) is 0 Å². The van der Waals surface area contributed by atoms with Crippen molar-refractivity contribution in [2.24, 2.45) is 0 Å². The average molecular weight is 321 g/mol. The van der Waals surface area contributed by atoms with Crippen LogP contribution in [-0.4, -0.2) is 56.4 Å². The summed E-state index contributed by atoms with van der Waals surface area (Å²) in [4.78, 5) is 25.6. The molecule has 1 aliphatic heterocycles. The second-order valence-corrected chi connectivity index (χ2v) is 5.91. The molecule has 0 bridgehead atoms. The Labute approximate surface area is 135 Å². The van der Waals surface area contributed by atoms with Crippen LogP contribution in [0.5, 0.6) is 0 Å². The van der Waals surface area contributed by atoms with Crippen LogP contribution in [0.25, 0.3) is 0 Å². The second kappa shape index (κ2) is 7.43. The Bertz CT molecular complexity index is 551.